The Bertz CT molecular complexity index is 147. The van der Waals surface area contributed by atoms with Crippen LogP contribution in [-0.2, 0) is 4.74 Å². The van der Waals surface area contributed by atoms with Gasteiger partial charge in [-0.1, -0.05) is 29.8 Å². The van der Waals surface area contributed by atoms with Gasteiger partial charge in [-0.3, -0.25) is 0 Å². The third-order valence-corrected chi connectivity index (χ3v) is 4.32. The summed E-state index contributed by atoms with van der Waals surface area (Å²) < 4.78 is 5.77. The van der Waals surface area contributed by atoms with E-state index in [0.717, 1.165) is 5.92 Å². The maximum absolute atomic E-state index is 5.77. The number of halogens is 1. The molecule has 3 atom stereocenters. The molecule has 1 saturated heterocycles. The topological polar surface area (TPSA) is 9.23 Å². The molecular weight excluding hydrogens is 228 g/mol. The number of hydrogen-bond donors (Lipinski definition) is 0. The summed E-state index contributed by atoms with van der Waals surface area (Å²) in [6.45, 7) is 6.70. The molecule has 1 aliphatic rings. The molecule has 13 heavy (non-hydrogen) atoms. The Labute approximate surface area is 90.4 Å². The van der Waals surface area contributed by atoms with Crippen molar-refractivity contribution in [2.45, 2.75) is 63.5 Å². The van der Waals surface area contributed by atoms with Gasteiger partial charge in [0.05, 0.1) is 12.2 Å². The lowest BCUT2D eigenvalue weighted by Crippen LogP contribution is -2.13. The van der Waals surface area contributed by atoms with E-state index >= 15 is 0 Å². The second kappa shape index (κ2) is 5.35. The van der Waals surface area contributed by atoms with Crippen LogP contribution in [-0.4, -0.2) is 17.0 Å². The van der Waals surface area contributed by atoms with Gasteiger partial charge in [0.1, 0.15) is 0 Å². The lowest BCUT2D eigenvalue weighted by Gasteiger charge is -2.16. The van der Waals surface area contributed by atoms with Crippen molar-refractivity contribution in [3.05, 3.63) is 0 Å². The standard InChI is InChI=1S/C11H21BrO/c1-8(2)11(12)7-6-10-5-4-9(3)13-10/h8-11H,4-7H2,1-3H3. The summed E-state index contributed by atoms with van der Waals surface area (Å²) in [7, 11) is 0. The lowest BCUT2D eigenvalue weighted by molar-refractivity contribution is 0.0494. The average Bonchev–Trinajstić information content (AvgIpc) is 2.47. The highest BCUT2D eigenvalue weighted by Crippen LogP contribution is 2.26. The number of hydrogen-bond acceptors (Lipinski definition) is 1. The van der Waals surface area contributed by atoms with Gasteiger partial charge in [0.2, 0.25) is 0 Å². The van der Waals surface area contributed by atoms with E-state index in [1.54, 1.807) is 0 Å². The maximum Gasteiger partial charge on any atom is 0.0580 e. The van der Waals surface area contributed by atoms with Crippen molar-refractivity contribution in [2.75, 3.05) is 0 Å². The van der Waals surface area contributed by atoms with E-state index in [0.29, 0.717) is 17.0 Å². The van der Waals surface area contributed by atoms with Crippen LogP contribution in [0.3, 0.4) is 0 Å². The smallest absolute Gasteiger partial charge is 0.0580 e. The van der Waals surface area contributed by atoms with Gasteiger partial charge in [-0.2, -0.15) is 0 Å². The highest BCUT2D eigenvalue weighted by atomic mass is 79.9. The lowest BCUT2D eigenvalue weighted by atomic mass is 10.0. The fraction of sp³-hybridized carbons (Fsp3) is 1.00. The first-order chi connectivity index (χ1) is 6.09. The Morgan fingerprint density at radius 1 is 1.38 bits per heavy atom. The van der Waals surface area contributed by atoms with Crippen molar-refractivity contribution in [2.24, 2.45) is 5.92 Å². The second-order valence-electron chi connectivity index (χ2n) is 4.48. The molecular formula is C11H21BrO. The zero-order chi connectivity index (χ0) is 9.84. The summed E-state index contributed by atoms with van der Waals surface area (Å²) in [5.41, 5.74) is 0. The minimum absolute atomic E-state index is 0.498. The van der Waals surface area contributed by atoms with E-state index in [-0.39, 0.29) is 0 Å². The summed E-state index contributed by atoms with van der Waals surface area (Å²) >= 11 is 3.71. The summed E-state index contributed by atoms with van der Waals surface area (Å²) in [6.07, 6.45) is 6.01. The van der Waals surface area contributed by atoms with Crippen LogP contribution < -0.4 is 0 Å². The minimum atomic E-state index is 0.498. The van der Waals surface area contributed by atoms with Gasteiger partial charge >= 0.3 is 0 Å². The van der Waals surface area contributed by atoms with Gasteiger partial charge in [0, 0.05) is 4.83 Å². The highest BCUT2D eigenvalue weighted by Gasteiger charge is 2.22. The van der Waals surface area contributed by atoms with E-state index in [1.807, 2.05) is 0 Å². The van der Waals surface area contributed by atoms with Crippen molar-refractivity contribution in [3.8, 4) is 0 Å². The van der Waals surface area contributed by atoms with Crippen LogP contribution in [0.2, 0.25) is 0 Å². The molecule has 0 radical (unpaired) electrons. The Morgan fingerprint density at radius 2 is 2.08 bits per heavy atom. The summed E-state index contributed by atoms with van der Waals surface area (Å²) in [4.78, 5) is 0.659. The molecule has 0 spiro atoms. The predicted molar refractivity (Wildman–Crippen MR) is 60.4 cm³/mol. The van der Waals surface area contributed by atoms with Gasteiger partial charge < -0.3 is 4.74 Å². The summed E-state index contributed by atoms with van der Waals surface area (Å²) in [5, 5.41) is 0. The third kappa shape index (κ3) is 3.99. The molecule has 0 amide bonds. The Hall–Kier alpha value is 0.440. The van der Waals surface area contributed by atoms with E-state index < -0.39 is 0 Å². The van der Waals surface area contributed by atoms with Gasteiger partial charge in [-0.15, -0.1) is 0 Å². The van der Waals surface area contributed by atoms with Gasteiger partial charge in [0.25, 0.3) is 0 Å². The van der Waals surface area contributed by atoms with Crippen LogP contribution in [0.4, 0.5) is 0 Å². The van der Waals surface area contributed by atoms with Crippen molar-refractivity contribution in [1.82, 2.24) is 0 Å². The fourth-order valence-electron chi connectivity index (χ4n) is 1.78. The third-order valence-electron chi connectivity index (χ3n) is 2.81. The zero-order valence-corrected chi connectivity index (χ0v) is 10.5. The molecule has 1 fully saturated rings. The molecule has 0 saturated carbocycles. The van der Waals surface area contributed by atoms with E-state index in [9.17, 15) is 0 Å². The van der Waals surface area contributed by atoms with E-state index in [4.69, 9.17) is 4.74 Å². The molecule has 78 valence electrons. The molecule has 2 heteroatoms. The molecule has 0 aromatic carbocycles. The first-order valence-electron chi connectivity index (χ1n) is 5.39. The van der Waals surface area contributed by atoms with Gasteiger partial charge in [-0.05, 0) is 38.5 Å². The van der Waals surface area contributed by atoms with E-state index in [2.05, 4.69) is 36.7 Å². The average molecular weight is 249 g/mol. The second-order valence-corrected chi connectivity index (χ2v) is 5.66. The van der Waals surface area contributed by atoms with Crippen LogP contribution in [0, 0.1) is 5.92 Å². The highest BCUT2D eigenvalue weighted by molar-refractivity contribution is 9.09. The number of rotatable bonds is 4. The number of alkyl halides is 1. The Balaban J connectivity index is 2.12. The van der Waals surface area contributed by atoms with Gasteiger partial charge in [0.15, 0.2) is 0 Å². The van der Waals surface area contributed by atoms with Crippen LogP contribution >= 0.6 is 15.9 Å². The molecule has 1 heterocycles. The molecule has 0 bridgehead atoms. The quantitative estimate of drug-likeness (QED) is 0.689. The van der Waals surface area contributed by atoms with Crippen molar-refractivity contribution >= 4 is 15.9 Å². The molecule has 3 unspecified atom stereocenters. The normalized spacial score (nSPS) is 31.2. The molecule has 0 aromatic rings. The zero-order valence-electron chi connectivity index (χ0n) is 8.92. The van der Waals surface area contributed by atoms with Gasteiger partial charge in [-0.25, -0.2) is 0 Å². The first kappa shape index (κ1) is 11.5. The van der Waals surface area contributed by atoms with Crippen LogP contribution in [0.25, 0.3) is 0 Å². The van der Waals surface area contributed by atoms with Crippen LogP contribution in [0.15, 0.2) is 0 Å². The summed E-state index contributed by atoms with van der Waals surface area (Å²) in [6, 6.07) is 0. The van der Waals surface area contributed by atoms with Crippen molar-refractivity contribution < 1.29 is 4.74 Å². The molecule has 0 N–H and O–H groups in total. The summed E-state index contributed by atoms with van der Waals surface area (Å²) in [5.74, 6) is 0.735. The molecule has 0 aliphatic carbocycles. The molecule has 1 aliphatic heterocycles. The maximum atomic E-state index is 5.77. The minimum Gasteiger partial charge on any atom is -0.375 e. The molecule has 1 nitrogen and oxygen atoms in total. The van der Waals surface area contributed by atoms with E-state index in [1.165, 1.54) is 25.7 Å². The Kier molecular flexibility index (Phi) is 4.74. The predicted octanol–water partition coefficient (Wildman–Crippen LogP) is 3.75. The SMILES string of the molecule is CC1CCC(CCC(Br)C(C)C)O1. The van der Waals surface area contributed by atoms with Crippen molar-refractivity contribution in [1.29, 1.82) is 0 Å². The fourth-order valence-corrected chi connectivity index (χ4v) is 2.04. The van der Waals surface area contributed by atoms with Crippen LogP contribution in [0.1, 0.15) is 46.5 Å². The molecule has 0 aromatic heterocycles. The first-order valence-corrected chi connectivity index (χ1v) is 6.30. The largest absolute Gasteiger partial charge is 0.375 e. The monoisotopic (exact) mass is 248 g/mol. The number of ether oxygens (including phenoxy) is 1. The Morgan fingerprint density at radius 3 is 2.54 bits per heavy atom. The van der Waals surface area contributed by atoms with Crippen molar-refractivity contribution in [3.63, 3.8) is 0 Å². The van der Waals surface area contributed by atoms with Crippen LogP contribution in [0.5, 0.6) is 0 Å². The molecule has 1 rings (SSSR count).